The van der Waals surface area contributed by atoms with Crippen LogP contribution >= 0.6 is 0 Å². The fraction of sp³-hybridized carbons (Fsp3) is 0.174. The molecule has 0 saturated heterocycles. The number of carbonyl (C=O) groups excluding carboxylic acids is 1. The van der Waals surface area contributed by atoms with E-state index in [9.17, 15) is 4.79 Å². The second-order valence-electron chi connectivity index (χ2n) is 7.04. The second kappa shape index (κ2) is 7.64. The van der Waals surface area contributed by atoms with E-state index < -0.39 is 0 Å². The highest BCUT2D eigenvalue weighted by Crippen LogP contribution is 2.25. The lowest BCUT2D eigenvalue weighted by Crippen LogP contribution is -2.32. The van der Waals surface area contributed by atoms with Crippen LogP contribution in [-0.2, 0) is 0 Å². The molecule has 1 atom stereocenters. The highest BCUT2D eigenvalue weighted by molar-refractivity contribution is 6.07. The molecule has 3 aromatic carbocycles. The summed E-state index contributed by atoms with van der Waals surface area (Å²) in [7, 11) is 0. The van der Waals surface area contributed by atoms with E-state index >= 15 is 0 Å². The molecule has 0 spiro atoms. The van der Waals surface area contributed by atoms with E-state index in [2.05, 4.69) is 15.5 Å². The van der Waals surface area contributed by atoms with Gasteiger partial charge in [-0.1, -0.05) is 85.7 Å². The summed E-state index contributed by atoms with van der Waals surface area (Å²) < 4.78 is 5.49. The first kappa shape index (κ1) is 17.9. The van der Waals surface area contributed by atoms with Crippen molar-refractivity contribution in [2.75, 3.05) is 0 Å². The molecule has 1 amide bonds. The maximum absolute atomic E-state index is 13.0. The van der Waals surface area contributed by atoms with Crippen molar-refractivity contribution in [1.29, 1.82) is 0 Å². The molecule has 140 valence electrons. The standard InChI is InChI=1S/C23H21N3O2/c1-15(2)20(23-25-21(26-28-23)17-10-4-3-5-11-17)24-22(27)19-14-8-12-16-9-6-7-13-18(16)19/h3-15,20H,1-2H3,(H,24,27)/t20-/m0/s1. The summed E-state index contributed by atoms with van der Waals surface area (Å²) in [6, 6.07) is 22.8. The molecule has 4 aromatic rings. The smallest absolute Gasteiger partial charge is 0.252 e. The molecule has 0 aliphatic carbocycles. The van der Waals surface area contributed by atoms with Gasteiger partial charge in [-0.25, -0.2) is 0 Å². The van der Waals surface area contributed by atoms with Gasteiger partial charge in [-0.2, -0.15) is 4.98 Å². The minimum atomic E-state index is -0.378. The van der Waals surface area contributed by atoms with E-state index in [-0.39, 0.29) is 17.9 Å². The molecular formula is C23H21N3O2. The van der Waals surface area contributed by atoms with Crippen molar-refractivity contribution in [3.8, 4) is 11.4 Å². The van der Waals surface area contributed by atoms with Gasteiger partial charge in [-0.3, -0.25) is 4.79 Å². The molecule has 28 heavy (non-hydrogen) atoms. The van der Waals surface area contributed by atoms with Crippen LogP contribution in [0.4, 0.5) is 0 Å². The third-order valence-corrected chi connectivity index (χ3v) is 4.73. The van der Waals surface area contributed by atoms with Crippen LogP contribution in [-0.4, -0.2) is 16.0 Å². The first-order valence-electron chi connectivity index (χ1n) is 9.31. The second-order valence-corrected chi connectivity index (χ2v) is 7.04. The average Bonchev–Trinajstić information content (AvgIpc) is 3.21. The van der Waals surface area contributed by atoms with Gasteiger partial charge in [0, 0.05) is 11.1 Å². The molecule has 0 aliphatic heterocycles. The molecule has 0 aliphatic rings. The van der Waals surface area contributed by atoms with Gasteiger partial charge in [0.25, 0.3) is 5.91 Å². The Kier molecular flexibility index (Phi) is 4.89. The molecule has 4 rings (SSSR count). The Morgan fingerprint density at radius 3 is 2.43 bits per heavy atom. The lowest BCUT2D eigenvalue weighted by atomic mass is 10.0. The van der Waals surface area contributed by atoms with Crippen molar-refractivity contribution < 1.29 is 9.32 Å². The topological polar surface area (TPSA) is 68.0 Å². The lowest BCUT2D eigenvalue weighted by molar-refractivity contribution is 0.0915. The molecule has 5 nitrogen and oxygen atoms in total. The van der Waals surface area contributed by atoms with E-state index in [4.69, 9.17) is 4.52 Å². The molecule has 1 aromatic heterocycles. The first-order chi connectivity index (χ1) is 13.6. The summed E-state index contributed by atoms with van der Waals surface area (Å²) >= 11 is 0. The van der Waals surface area contributed by atoms with Gasteiger partial charge < -0.3 is 9.84 Å². The molecule has 1 heterocycles. The number of hydrogen-bond donors (Lipinski definition) is 1. The molecule has 5 heteroatoms. The third kappa shape index (κ3) is 3.51. The molecule has 0 radical (unpaired) electrons. The molecule has 0 fully saturated rings. The number of aromatic nitrogens is 2. The monoisotopic (exact) mass is 371 g/mol. The summed E-state index contributed by atoms with van der Waals surface area (Å²) in [4.78, 5) is 17.5. The zero-order chi connectivity index (χ0) is 19.5. The lowest BCUT2D eigenvalue weighted by Gasteiger charge is -2.19. The number of nitrogens with zero attached hydrogens (tertiary/aromatic N) is 2. The molecule has 0 saturated carbocycles. The van der Waals surface area contributed by atoms with Crippen molar-refractivity contribution in [2.45, 2.75) is 19.9 Å². The van der Waals surface area contributed by atoms with E-state index in [0.29, 0.717) is 17.3 Å². The van der Waals surface area contributed by atoms with Gasteiger partial charge in [0.1, 0.15) is 6.04 Å². The fourth-order valence-electron chi connectivity index (χ4n) is 3.22. The van der Waals surface area contributed by atoms with Gasteiger partial charge in [0.05, 0.1) is 0 Å². The number of benzene rings is 3. The van der Waals surface area contributed by atoms with E-state index in [1.54, 1.807) is 0 Å². The number of carbonyl (C=O) groups is 1. The van der Waals surface area contributed by atoms with E-state index in [1.807, 2.05) is 86.6 Å². The van der Waals surface area contributed by atoms with Crippen molar-refractivity contribution in [2.24, 2.45) is 5.92 Å². The summed E-state index contributed by atoms with van der Waals surface area (Å²) in [6.45, 7) is 4.03. The summed E-state index contributed by atoms with van der Waals surface area (Å²) in [6.07, 6.45) is 0. The van der Waals surface area contributed by atoms with Crippen LogP contribution in [0.5, 0.6) is 0 Å². The Bertz CT molecular complexity index is 1100. The quantitative estimate of drug-likeness (QED) is 0.535. The van der Waals surface area contributed by atoms with Crippen molar-refractivity contribution in [3.63, 3.8) is 0 Å². The van der Waals surface area contributed by atoms with Crippen LogP contribution in [0.1, 0.15) is 36.1 Å². The highest BCUT2D eigenvalue weighted by Gasteiger charge is 2.26. The van der Waals surface area contributed by atoms with Crippen molar-refractivity contribution >= 4 is 16.7 Å². The van der Waals surface area contributed by atoms with Gasteiger partial charge in [0.15, 0.2) is 0 Å². The van der Waals surface area contributed by atoms with Crippen LogP contribution in [0.2, 0.25) is 0 Å². The normalized spacial score (nSPS) is 12.2. The summed E-state index contributed by atoms with van der Waals surface area (Å²) in [5.74, 6) is 0.848. The minimum Gasteiger partial charge on any atom is -0.340 e. The van der Waals surface area contributed by atoms with Crippen LogP contribution in [0.3, 0.4) is 0 Å². The van der Waals surface area contributed by atoms with Crippen molar-refractivity contribution in [3.05, 3.63) is 84.3 Å². The first-order valence-corrected chi connectivity index (χ1v) is 9.31. The van der Waals surface area contributed by atoms with Crippen LogP contribution in [0, 0.1) is 5.92 Å². The molecule has 1 N–H and O–H groups in total. The van der Waals surface area contributed by atoms with E-state index in [1.165, 1.54) is 0 Å². The highest BCUT2D eigenvalue weighted by atomic mass is 16.5. The van der Waals surface area contributed by atoms with Crippen LogP contribution in [0.15, 0.2) is 77.3 Å². The predicted octanol–water partition coefficient (Wildman–Crippen LogP) is 5.02. The molecule has 0 unspecified atom stereocenters. The fourth-order valence-corrected chi connectivity index (χ4v) is 3.22. The van der Waals surface area contributed by atoms with Gasteiger partial charge in [0.2, 0.25) is 11.7 Å². The maximum Gasteiger partial charge on any atom is 0.252 e. The van der Waals surface area contributed by atoms with Crippen LogP contribution in [0.25, 0.3) is 22.2 Å². The Hall–Kier alpha value is -3.47. The largest absolute Gasteiger partial charge is 0.340 e. The Labute approximate surface area is 163 Å². The van der Waals surface area contributed by atoms with Gasteiger partial charge in [-0.05, 0) is 22.8 Å². The van der Waals surface area contributed by atoms with Gasteiger partial charge >= 0.3 is 0 Å². The van der Waals surface area contributed by atoms with Crippen molar-refractivity contribution in [1.82, 2.24) is 15.5 Å². The average molecular weight is 371 g/mol. The molecule has 0 bridgehead atoms. The number of fused-ring (bicyclic) bond motifs is 1. The number of rotatable bonds is 5. The number of nitrogens with one attached hydrogen (secondary N) is 1. The van der Waals surface area contributed by atoms with Crippen LogP contribution < -0.4 is 5.32 Å². The van der Waals surface area contributed by atoms with Gasteiger partial charge in [-0.15, -0.1) is 0 Å². The Morgan fingerprint density at radius 1 is 0.929 bits per heavy atom. The zero-order valence-corrected chi connectivity index (χ0v) is 15.8. The SMILES string of the molecule is CC(C)[C@H](NC(=O)c1cccc2ccccc12)c1nc(-c2ccccc2)no1. The number of amides is 1. The number of hydrogen-bond acceptors (Lipinski definition) is 4. The summed E-state index contributed by atoms with van der Waals surface area (Å²) in [5.41, 5.74) is 1.51. The minimum absolute atomic E-state index is 0.0861. The Balaban J connectivity index is 1.62. The van der Waals surface area contributed by atoms with E-state index in [0.717, 1.165) is 16.3 Å². The zero-order valence-electron chi connectivity index (χ0n) is 15.8. The Morgan fingerprint density at radius 2 is 1.64 bits per heavy atom. The predicted molar refractivity (Wildman–Crippen MR) is 109 cm³/mol. The summed E-state index contributed by atoms with van der Waals surface area (Å²) in [5, 5.41) is 9.10. The molecular weight excluding hydrogens is 350 g/mol. The third-order valence-electron chi connectivity index (χ3n) is 4.73. The maximum atomic E-state index is 13.0.